The summed E-state index contributed by atoms with van der Waals surface area (Å²) in [5, 5.41) is 139. The predicted molar refractivity (Wildman–Crippen MR) is 296 cm³/mol. The minimum Gasteiger partial charge on any atom is -0.504 e. The van der Waals surface area contributed by atoms with E-state index in [0.29, 0.717) is 11.1 Å². The first kappa shape index (κ1) is 66.9. The van der Waals surface area contributed by atoms with Gasteiger partial charge in [-0.15, -0.1) is 0 Å². The zero-order valence-electron chi connectivity index (χ0n) is 47.6. The molecule has 3 fully saturated rings. The van der Waals surface area contributed by atoms with E-state index in [1.165, 1.54) is 70.9 Å². The quantitative estimate of drug-likeness (QED) is 0.0156. The Morgan fingerprint density at radius 3 is 1.34 bits per heavy atom. The van der Waals surface area contributed by atoms with Crippen LogP contribution < -0.4 is 38.6 Å². The minimum absolute atomic E-state index is 0.0258. The number of phenolic OH excluding ortho intramolecular Hbond substituents is 3. The second-order valence-electron chi connectivity index (χ2n) is 20.1. The fraction of sp³-hybridized carbons (Fsp3) is 0.397. The van der Waals surface area contributed by atoms with Crippen LogP contribution in [0, 0.1) is 0 Å². The summed E-state index contributed by atoms with van der Waals surface area (Å²) in [5.74, 6) is -8.26. The first-order valence-corrected chi connectivity index (χ1v) is 26.8. The van der Waals surface area contributed by atoms with Crippen LogP contribution >= 0.6 is 0 Å². The highest BCUT2D eigenvalue weighted by molar-refractivity contribution is 5.90. The van der Waals surface area contributed by atoms with Crippen LogP contribution in [-0.2, 0) is 47.6 Å². The number of aliphatic hydroxyl groups excluding tert-OH is 9. The molecule has 0 aromatic heterocycles. The van der Waals surface area contributed by atoms with Crippen molar-refractivity contribution in [2.24, 2.45) is 0 Å². The Morgan fingerprint density at radius 1 is 0.489 bits per heavy atom. The van der Waals surface area contributed by atoms with Gasteiger partial charge in [0, 0.05) is 29.8 Å². The molecule has 0 bridgehead atoms. The number of carbonyl (C=O) groups excluding carboxylic acids is 3. The number of aromatic hydroxyl groups is 3. The number of hydrogen-bond donors (Lipinski definition) is 13. The number of carboxylic acids is 1. The molecule has 32 nitrogen and oxygen atoms in total. The van der Waals surface area contributed by atoms with E-state index < -0.39 is 176 Å². The molecule has 0 unspecified atom stereocenters. The van der Waals surface area contributed by atoms with Gasteiger partial charge in [-0.25, -0.2) is 9.59 Å². The van der Waals surface area contributed by atoms with Crippen LogP contribution in [0.15, 0.2) is 82.0 Å². The Labute approximate surface area is 507 Å². The Kier molecular flexibility index (Phi) is 21.6. The Hall–Kier alpha value is -9.03. The predicted octanol–water partition coefficient (Wildman–Crippen LogP) is -1.35. The molecular weight excluding hydrogens is 1210 g/mol. The molecule has 5 aliphatic rings. The molecule has 32 heteroatoms. The fourth-order valence-electron chi connectivity index (χ4n) is 9.23. The Bertz CT molecular complexity index is 3420. The second-order valence-corrected chi connectivity index (χ2v) is 20.1. The maximum atomic E-state index is 14.0. The summed E-state index contributed by atoms with van der Waals surface area (Å²) in [7, 11) is 5.19. The topological polar surface area (TPSA) is 481 Å². The van der Waals surface area contributed by atoms with Crippen molar-refractivity contribution in [3.05, 3.63) is 94.2 Å². The fourth-order valence-corrected chi connectivity index (χ4v) is 9.23. The number of benzene rings is 4. The van der Waals surface area contributed by atoms with E-state index in [-0.39, 0.29) is 51.4 Å². The van der Waals surface area contributed by atoms with Crippen molar-refractivity contribution in [3.63, 3.8) is 0 Å². The van der Waals surface area contributed by atoms with Gasteiger partial charge in [0.15, 0.2) is 51.4 Å². The third-order valence-electron chi connectivity index (χ3n) is 14.1. The molecule has 0 amide bonds. The van der Waals surface area contributed by atoms with Gasteiger partial charge in [-0.05, 0) is 71.8 Å². The monoisotopic (exact) mass is 1270 g/mol. The molecule has 3 aromatic rings. The molecule has 90 heavy (non-hydrogen) atoms. The van der Waals surface area contributed by atoms with E-state index >= 15 is 0 Å². The lowest BCUT2D eigenvalue weighted by atomic mass is 9.99. The summed E-state index contributed by atoms with van der Waals surface area (Å²) in [5.41, 5.74) is -0.757. The van der Waals surface area contributed by atoms with E-state index in [0.717, 1.165) is 42.5 Å². The summed E-state index contributed by atoms with van der Waals surface area (Å²) in [6, 6.07) is 11.8. The molecule has 8 rings (SSSR count). The van der Waals surface area contributed by atoms with Crippen molar-refractivity contribution in [1.82, 2.24) is 0 Å². The standard InChI is InChI=1S/C58H62O32/c1-77-32-11-23(12-33(78-2)44(32)66)5-9-41(63)81-20-37-46(68)49(71)52(74)56(88-37)84-26-16-29(60)27-18-36(87-58-54(76)51(73)48(70)39(90-58)22-83-43(65)19-40(61)62)55(85-30(27)17-26)25-7-8-28(59)31(15-25)86-57-53(75)50(72)47(69)38(89-57)21-82-42(64)10-6-24-13-34(79-3)45(67)35(14-24)80-4/h5-18,37-39,46-54,56-59,66-76H,19-22H2,1-4H3,(H,61,62)/t37-,38-,39-,46-,47-,48-,49+,50+,51+,52-,53-,54-,56-,57-,58-/m1/s1. The highest BCUT2D eigenvalue weighted by Crippen LogP contribution is 2.44. The van der Waals surface area contributed by atoms with E-state index in [1.807, 2.05) is 0 Å². The zero-order valence-corrected chi connectivity index (χ0v) is 47.6. The summed E-state index contributed by atoms with van der Waals surface area (Å²) < 4.78 is 77.0. The summed E-state index contributed by atoms with van der Waals surface area (Å²) in [4.78, 5) is 62.9. The first-order chi connectivity index (χ1) is 42.8. The number of fused-ring (bicyclic) bond motifs is 1. The third-order valence-corrected chi connectivity index (χ3v) is 14.1. The maximum absolute atomic E-state index is 14.0. The largest absolute Gasteiger partial charge is 0.504 e. The van der Waals surface area contributed by atoms with Crippen LogP contribution in [0.1, 0.15) is 17.5 Å². The van der Waals surface area contributed by atoms with Gasteiger partial charge >= 0.3 is 23.9 Å². The van der Waals surface area contributed by atoms with E-state index in [2.05, 4.69) is 0 Å². The molecule has 4 heterocycles. The molecule has 3 saturated heterocycles. The molecule has 0 spiro atoms. The van der Waals surface area contributed by atoms with Crippen molar-refractivity contribution >= 4 is 36.0 Å². The number of carboxylic acid groups (broad SMARTS) is 1. The van der Waals surface area contributed by atoms with Crippen molar-refractivity contribution in [2.45, 2.75) is 98.5 Å². The molecule has 13 N–H and O–H groups in total. The number of ether oxygens (including phenoxy) is 13. The lowest BCUT2D eigenvalue weighted by molar-refractivity contribution is -0.278. The van der Waals surface area contributed by atoms with E-state index in [4.69, 9.17) is 71.1 Å². The maximum Gasteiger partial charge on any atom is 0.330 e. The van der Waals surface area contributed by atoms with E-state index in [9.17, 15) is 85.3 Å². The lowest BCUT2D eigenvalue weighted by Crippen LogP contribution is -2.60. The number of esters is 3. The second kappa shape index (κ2) is 29.1. The van der Waals surface area contributed by atoms with Gasteiger partial charge in [0.2, 0.25) is 30.4 Å². The van der Waals surface area contributed by atoms with Crippen LogP contribution in [-0.4, -0.2) is 231 Å². The summed E-state index contributed by atoms with van der Waals surface area (Å²) in [6.45, 7) is -2.36. The summed E-state index contributed by atoms with van der Waals surface area (Å²) in [6.07, 6.45) is -25.4. The molecule has 486 valence electrons. The smallest absolute Gasteiger partial charge is 0.330 e. The highest BCUT2D eigenvalue weighted by atomic mass is 16.7. The van der Waals surface area contributed by atoms with Gasteiger partial charge < -0.3 is 132 Å². The number of hydrogen-bond acceptors (Lipinski definition) is 31. The van der Waals surface area contributed by atoms with Crippen LogP contribution in [0.2, 0.25) is 0 Å². The molecule has 1 aliphatic carbocycles. The minimum atomic E-state index is -2.13. The van der Waals surface area contributed by atoms with Crippen LogP contribution in [0.3, 0.4) is 0 Å². The summed E-state index contributed by atoms with van der Waals surface area (Å²) >= 11 is 0. The molecular formula is C58H62O32. The molecule has 4 aliphatic heterocycles. The number of aliphatic hydroxyl groups is 9. The Morgan fingerprint density at radius 2 is 0.911 bits per heavy atom. The number of aliphatic carboxylic acids is 1. The average molecular weight is 1270 g/mol. The highest BCUT2D eigenvalue weighted by Gasteiger charge is 2.49. The van der Waals surface area contributed by atoms with E-state index in [1.54, 1.807) is 0 Å². The van der Waals surface area contributed by atoms with Crippen LogP contribution in [0.4, 0.5) is 0 Å². The normalized spacial score (nSPS) is 26.7. The van der Waals surface area contributed by atoms with Crippen molar-refractivity contribution in [1.29, 1.82) is 0 Å². The number of phenols is 3. The van der Waals surface area contributed by atoms with Gasteiger partial charge in [0.1, 0.15) is 111 Å². The van der Waals surface area contributed by atoms with Crippen molar-refractivity contribution < 1.29 is 152 Å². The van der Waals surface area contributed by atoms with Gasteiger partial charge in [-0.3, -0.25) is 14.4 Å². The van der Waals surface area contributed by atoms with Crippen LogP contribution in [0.5, 0.6) is 57.5 Å². The average Bonchev–Trinajstić information content (AvgIpc) is 0.840. The number of methoxy groups -OCH3 is 4. The number of rotatable bonds is 23. The van der Waals surface area contributed by atoms with Crippen molar-refractivity contribution in [2.75, 3.05) is 48.3 Å². The SMILES string of the molecule is COc1cc(C=CC(=O)OC[C@H]2O[C@@H](Oc3cc4oc(-c5ccc(O)c(O[C@@H]6O[C@H](COC(=O)C=Cc7cc(OC)c(O)c(OC)c7)[C@@H](O)[C@H](O)[C@H]6O)c5)c(O[C@@H]5O[C@H](COC(=O)CC(=O)O)[C@@H](O)[C@H](O)[C@H]5O)cc-4c(=O)c3)[C@H](O)[C@@H](O)[C@@H]2O)cc(OC)c1O. The van der Waals surface area contributed by atoms with Gasteiger partial charge in [-0.1, -0.05) is 0 Å². The zero-order chi connectivity index (χ0) is 65.4. The lowest BCUT2D eigenvalue weighted by Gasteiger charge is -2.40. The van der Waals surface area contributed by atoms with Gasteiger partial charge in [0.05, 0.1) is 34.0 Å². The van der Waals surface area contributed by atoms with Gasteiger partial charge in [0.25, 0.3) is 0 Å². The molecule has 0 saturated carbocycles. The molecule has 0 radical (unpaired) electrons. The van der Waals surface area contributed by atoms with Gasteiger partial charge in [-0.2, -0.15) is 0 Å². The first-order valence-electron chi connectivity index (χ1n) is 26.8. The molecule has 3 aromatic carbocycles. The number of carbonyl (C=O) groups is 4. The Balaban J connectivity index is 1.06. The van der Waals surface area contributed by atoms with Crippen molar-refractivity contribution in [3.8, 4) is 80.1 Å². The van der Waals surface area contributed by atoms with Crippen LogP contribution in [0.25, 0.3) is 34.8 Å². The molecule has 15 atom stereocenters. The third kappa shape index (κ3) is 15.3.